The summed E-state index contributed by atoms with van der Waals surface area (Å²) < 4.78 is 93.4. The Labute approximate surface area is 255 Å². The number of hydrogen-bond donors (Lipinski definition) is 2. The monoisotopic (exact) mass is 768 g/mol. The molecule has 41 heavy (non-hydrogen) atoms. The lowest BCUT2D eigenvalue weighted by molar-refractivity contribution is -0.138. The van der Waals surface area contributed by atoms with Gasteiger partial charge < -0.3 is 4.98 Å². The van der Waals surface area contributed by atoms with Gasteiger partial charge in [-0.15, -0.1) is 0 Å². The first-order valence-corrected chi connectivity index (χ1v) is 17.3. The maximum absolute atomic E-state index is 14.2. The molecule has 1 aliphatic heterocycles. The molecule has 2 aromatic carbocycles. The molecule has 224 valence electrons. The highest BCUT2D eigenvalue weighted by atomic mass is 127. The van der Waals surface area contributed by atoms with Crippen LogP contribution in [-0.2, 0) is 39.1 Å². The highest BCUT2D eigenvalue weighted by molar-refractivity contribution is 14.1. The van der Waals surface area contributed by atoms with Crippen molar-refractivity contribution in [2.75, 3.05) is 18.6 Å². The first kappa shape index (κ1) is 32.2. The summed E-state index contributed by atoms with van der Waals surface area (Å²) in [4.78, 5) is 30.1. The zero-order valence-corrected chi connectivity index (χ0v) is 26.5. The van der Waals surface area contributed by atoms with Gasteiger partial charge in [0.1, 0.15) is 0 Å². The molecular weight excluding hydrogens is 747 g/mol. The van der Waals surface area contributed by atoms with Crippen LogP contribution in [0.5, 0.6) is 0 Å². The number of nitrogens with zero attached hydrogens (tertiary/aromatic N) is 2. The summed E-state index contributed by atoms with van der Waals surface area (Å²) in [5.74, 6) is -0.280. The molecule has 0 bridgehead atoms. The molecule has 0 spiro atoms. The molecular formula is C23H22Cl2F3IN4O6S2. The maximum Gasteiger partial charge on any atom is 0.416 e. The van der Waals surface area contributed by atoms with Crippen LogP contribution in [0.2, 0.25) is 10.0 Å². The van der Waals surface area contributed by atoms with Gasteiger partial charge in [0.05, 0.1) is 55.0 Å². The third-order valence-corrected chi connectivity index (χ3v) is 11.4. The van der Waals surface area contributed by atoms with Crippen LogP contribution in [0.4, 0.5) is 13.2 Å². The van der Waals surface area contributed by atoms with Crippen LogP contribution < -0.4 is 16.0 Å². The SMILES string of the molecule is CCS(=O)(=O)c1ccc(Cl)cc1Cn1c(=O)[nH]c2c(Cl)c(CN3CC(NS(C)(=O)=O)C3I)c(C(F)(F)F)cc2c1=O. The Morgan fingerprint density at radius 1 is 1.12 bits per heavy atom. The third kappa shape index (κ3) is 6.62. The Morgan fingerprint density at radius 2 is 1.78 bits per heavy atom. The fourth-order valence-electron chi connectivity index (χ4n) is 4.53. The number of sulfone groups is 1. The molecule has 4 rings (SSSR count). The van der Waals surface area contributed by atoms with E-state index in [9.17, 15) is 39.6 Å². The van der Waals surface area contributed by atoms with E-state index in [0.29, 0.717) is 10.6 Å². The summed E-state index contributed by atoms with van der Waals surface area (Å²) in [5, 5.41) is -0.893. The van der Waals surface area contributed by atoms with E-state index in [2.05, 4.69) is 9.71 Å². The van der Waals surface area contributed by atoms with Gasteiger partial charge >= 0.3 is 11.9 Å². The number of aromatic amines is 1. The summed E-state index contributed by atoms with van der Waals surface area (Å²) in [6.07, 6.45) is -3.97. The number of halogens is 6. The Bertz CT molecular complexity index is 1880. The van der Waals surface area contributed by atoms with E-state index in [-0.39, 0.29) is 39.8 Å². The Hall–Kier alpha value is -1.70. The van der Waals surface area contributed by atoms with Crippen LogP contribution in [0.25, 0.3) is 10.9 Å². The van der Waals surface area contributed by atoms with Crippen LogP contribution in [-0.4, -0.2) is 59.9 Å². The Morgan fingerprint density at radius 3 is 2.34 bits per heavy atom. The van der Waals surface area contributed by atoms with Gasteiger partial charge in [0.25, 0.3) is 5.56 Å². The number of sulfonamides is 1. The second-order valence-corrected chi connectivity index (χ2v) is 15.5. The standard InChI is InChI=1S/C23H22Cl2F3IN4O6S2/c1-3-41(38,39)17-5-4-12(24)6-11(17)8-33-21(34)13-7-15(23(26,27)28)14(18(25)19(13)30-22(33)35)9-32-10-16(20(32)29)31-40(2,36)37/h4-7,16,20,31H,3,8-10H2,1-2H3,(H,30,35). The van der Waals surface area contributed by atoms with E-state index in [4.69, 9.17) is 23.2 Å². The number of alkyl halides is 4. The van der Waals surface area contributed by atoms with Crippen molar-refractivity contribution in [1.29, 1.82) is 0 Å². The fourth-order valence-corrected chi connectivity index (χ4v) is 7.97. The number of likely N-dealkylation sites (tertiary alicyclic amines) is 1. The summed E-state index contributed by atoms with van der Waals surface area (Å²) in [7, 11) is -7.34. The van der Waals surface area contributed by atoms with Crippen LogP contribution in [0, 0.1) is 0 Å². The minimum atomic E-state index is -4.94. The van der Waals surface area contributed by atoms with Crippen LogP contribution >= 0.6 is 45.8 Å². The molecule has 10 nitrogen and oxygen atoms in total. The van der Waals surface area contributed by atoms with Crippen molar-refractivity contribution in [3.63, 3.8) is 0 Å². The van der Waals surface area contributed by atoms with Gasteiger partial charge in [-0.2, -0.15) is 13.2 Å². The molecule has 0 aliphatic carbocycles. The van der Waals surface area contributed by atoms with Crippen molar-refractivity contribution >= 4 is 76.6 Å². The second kappa shape index (κ2) is 11.4. The second-order valence-electron chi connectivity index (χ2n) is 9.41. The smallest absolute Gasteiger partial charge is 0.305 e. The molecule has 3 aromatic rings. The largest absolute Gasteiger partial charge is 0.416 e. The quantitative estimate of drug-likeness (QED) is 0.204. The summed E-state index contributed by atoms with van der Waals surface area (Å²) >= 11 is 14.3. The molecule has 2 N–H and O–H groups in total. The normalized spacial score (nSPS) is 18.5. The van der Waals surface area contributed by atoms with Gasteiger partial charge in [0, 0.05) is 18.1 Å². The van der Waals surface area contributed by atoms with E-state index >= 15 is 0 Å². The molecule has 0 radical (unpaired) electrons. The predicted molar refractivity (Wildman–Crippen MR) is 157 cm³/mol. The molecule has 2 atom stereocenters. The number of aromatic nitrogens is 2. The number of rotatable bonds is 8. The molecule has 0 amide bonds. The average molecular weight is 769 g/mol. The van der Waals surface area contributed by atoms with Crippen molar-refractivity contribution in [1.82, 2.24) is 19.2 Å². The molecule has 0 saturated carbocycles. The minimum absolute atomic E-state index is 0.00758. The van der Waals surface area contributed by atoms with E-state index in [0.717, 1.165) is 6.26 Å². The zero-order chi connectivity index (χ0) is 30.7. The third-order valence-electron chi connectivity index (χ3n) is 6.53. The summed E-state index contributed by atoms with van der Waals surface area (Å²) in [6.45, 7) is 0.584. The van der Waals surface area contributed by atoms with Gasteiger partial charge in [0.2, 0.25) is 10.0 Å². The molecule has 2 unspecified atom stereocenters. The number of nitrogens with one attached hydrogen (secondary N) is 2. The van der Waals surface area contributed by atoms with Crippen LogP contribution in [0.15, 0.2) is 38.8 Å². The fraction of sp³-hybridized carbons (Fsp3) is 0.391. The van der Waals surface area contributed by atoms with Gasteiger partial charge in [-0.1, -0.05) is 52.7 Å². The van der Waals surface area contributed by atoms with Gasteiger partial charge in [-0.25, -0.2) is 26.4 Å². The average Bonchev–Trinajstić information content (AvgIpc) is 2.85. The lowest BCUT2D eigenvalue weighted by atomic mass is 10.0. The summed E-state index contributed by atoms with van der Waals surface area (Å²) in [6, 6.07) is 3.89. The van der Waals surface area contributed by atoms with Gasteiger partial charge in [0.15, 0.2) is 9.84 Å². The molecule has 1 aliphatic rings. The van der Waals surface area contributed by atoms with Crippen LogP contribution in [0.3, 0.4) is 0 Å². The highest BCUT2D eigenvalue weighted by Crippen LogP contribution is 2.40. The number of fused-ring (bicyclic) bond motifs is 1. The number of benzene rings is 2. The van der Waals surface area contributed by atoms with Gasteiger partial charge in [-0.3, -0.25) is 14.3 Å². The minimum Gasteiger partial charge on any atom is -0.305 e. The maximum atomic E-state index is 14.2. The highest BCUT2D eigenvalue weighted by Gasteiger charge is 2.42. The Kier molecular flexibility index (Phi) is 8.98. The lowest BCUT2D eigenvalue weighted by Gasteiger charge is -2.45. The first-order valence-electron chi connectivity index (χ1n) is 11.8. The lowest BCUT2D eigenvalue weighted by Crippen LogP contribution is -2.63. The molecule has 2 heterocycles. The molecule has 1 aromatic heterocycles. The zero-order valence-electron chi connectivity index (χ0n) is 21.2. The summed E-state index contributed by atoms with van der Waals surface area (Å²) in [5.41, 5.74) is -4.05. The van der Waals surface area contributed by atoms with E-state index in [1.54, 1.807) is 4.90 Å². The topological polar surface area (TPSA) is 138 Å². The van der Waals surface area contributed by atoms with E-state index in [1.165, 1.54) is 25.1 Å². The van der Waals surface area contributed by atoms with Crippen molar-refractivity contribution < 1.29 is 30.0 Å². The Balaban J connectivity index is 1.83. The van der Waals surface area contributed by atoms with E-state index in [1.807, 2.05) is 22.6 Å². The predicted octanol–water partition coefficient (Wildman–Crippen LogP) is 3.35. The van der Waals surface area contributed by atoms with Crippen molar-refractivity contribution in [2.24, 2.45) is 0 Å². The van der Waals surface area contributed by atoms with Gasteiger partial charge in [-0.05, 0) is 35.4 Å². The number of H-pyrrole nitrogens is 1. The molecule has 1 saturated heterocycles. The van der Waals surface area contributed by atoms with Crippen molar-refractivity contribution in [2.45, 2.75) is 41.2 Å². The van der Waals surface area contributed by atoms with Crippen LogP contribution in [0.1, 0.15) is 23.6 Å². The molecule has 18 heteroatoms. The molecule has 1 fully saturated rings. The van der Waals surface area contributed by atoms with Crippen molar-refractivity contribution in [3.05, 3.63) is 71.8 Å². The van der Waals surface area contributed by atoms with Crippen molar-refractivity contribution in [3.8, 4) is 0 Å². The number of hydrogen-bond acceptors (Lipinski definition) is 7. The van der Waals surface area contributed by atoms with E-state index < -0.39 is 75.5 Å². The first-order chi connectivity index (χ1) is 18.8.